The van der Waals surface area contributed by atoms with Gasteiger partial charge in [-0.25, -0.2) is 0 Å². The lowest BCUT2D eigenvalue weighted by Crippen LogP contribution is -2.09. The quantitative estimate of drug-likeness (QED) is 0.667. The van der Waals surface area contributed by atoms with Crippen LogP contribution in [0, 0.1) is 0 Å². The van der Waals surface area contributed by atoms with Crippen LogP contribution in [0.15, 0.2) is 6.33 Å². The van der Waals surface area contributed by atoms with Crippen LogP contribution in [0.2, 0.25) is 0 Å². The molecule has 0 atom stereocenters. The largest absolute Gasteiger partial charge is 0.330 e. The van der Waals surface area contributed by atoms with Gasteiger partial charge < -0.3 is 10.3 Å². The van der Waals surface area contributed by atoms with E-state index in [1.807, 2.05) is 0 Å². The molecule has 0 radical (unpaired) electrons. The molecule has 1 heterocycles. The standard InChI is InChI=1S/C9H18N4/c1-2-3-4-7-13-8-11-12-9(13)5-6-10/h8H,2-7,10H2,1H3. The third-order valence-electron chi connectivity index (χ3n) is 2.07. The summed E-state index contributed by atoms with van der Waals surface area (Å²) in [6, 6.07) is 0. The highest BCUT2D eigenvalue weighted by Gasteiger charge is 2.01. The number of hydrogen-bond acceptors (Lipinski definition) is 3. The van der Waals surface area contributed by atoms with Crippen molar-refractivity contribution in [3.05, 3.63) is 12.2 Å². The maximum atomic E-state index is 5.46. The average molecular weight is 182 g/mol. The van der Waals surface area contributed by atoms with E-state index in [2.05, 4.69) is 21.7 Å². The van der Waals surface area contributed by atoms with Gasteiger partial charge in [-0.1, -0.05) is 19.8 Å². The van der Waals surface area contributed by atoms with Gasteiger partial charge in [0, 0.05) is 13.0 Å². The van der Waals surface area contributed by atoms with Crippen molar-refractivity contribution in [2.75, 3.05) is 6.54 Å². The average Bonchev–Trinajstić information content (AvgIpc) is 2.54. The van der Waals surface area contributed by atoms with Gasteiger partial charge in [-0.05, 0) is 13.0 Å². The van der Waals surface area contributed by atoms with Crippen LogP contribution >= 0.6 is 0 Å². The number of aromatic nitrogens is 3. The molecule has 0 unspecified atom stereocenters. The Balaban J connectivity index is 2.40. The van der Waals surface area contributed by atoms with Crippen LogP contribution in [0.3, 0.4) is 0 Å². The maximum absolute atomic E-state index is 5.46. The minimum absolute atomic E-state index is 0.645. The summed E-state index contributed by atoms with van der Waals surface area (Å²) in [4.78, 5) is 0. The summed E-state index contributed by atoms with van der Waals surface area (Å²) in [7, 11) is 0. The van der Waals surface area contributed by atoms with E-state index in [0.717, 1.165) is 18.8 Å². The lowest BCUT2D eigenvalue weighted by atomic mass is 10.2. The molecule has 74 valence electrons. The molecule has 0 spiro atoms. The monoisotopic (exact) mass is 182 g/mol. The fourth-order valence-electron chi connectivity index (χ4n) is 1.32. The van der Waals surface area contributed by atoms with Crippen molar-refractivity contribution >= 4 is 0 Å². The summed E-state index contributed by atoms with van der Waals surface area (Å²) >= 11 is 0. The van der Waals surface area contributed by atoms with Crippen LogP contribution in [0.1, 0.15) is 32.0 Å². The first-order valence-corrected chi connectivity index (χ1v) is 4.95. The van der Waals surface area contributed by atoms with E-state index >= 15 is 0 Å². The topological polar surface area (TPSA) is 56.7 Å². The van der Waals surface area contributed by atoms with Crippen molar-refractivity contribution in [2.45, 2.75) is 39.2 Å². The molecular weight excluding hydrogens is 164 g/mol. The Bertz CT molecular complexity index is 231. The molecule has 1 aromatic rings. The first-order valence-electron chi connectivity index (χ1n) is 4.95. The second-order valence-corrected chi connectivity index (χ2v) is 3.19. The molecule has 0 aliphatic carbocycles. The molecule has 0 fully saturated rings. The minimum atomic E-state index is 0.645. The zero-order valence-corrected chi connectivity index (χ0v) is 8.24. The maximum Gasteiger partial charge on any atom is 0.134 e. The predicted octanol–water partition coefficient (Wildman–Crippen LogP) is 0.970. The third-order valence-corrected chi connectivity index (χ3v) is 2.07. The first-order chi connectivity index (χ1) is 6.38. The van der Waals surface area contributed by atoms with Crippen LogP contribution in [0.5, 0.6) is 0 Å². The Morgan fingerprint density at radius 3 is 3.00 bits per heavy atom. The molecule has 4 nitrogen and oxygen atoms in total. The number of aryl methyl sites for hydroxylation is 1. The van der Waals surface area contributed by atoms with Crippen LogP contribution in [-0.4, -0.2) is 21.3 Å². The molecule has 0 saturated carbocycles. The Morgan fingerprint density at radius 2 is 2.31 bits per heavy atom. The van der Waals surface area contributed by atoms with Gasteiger partial charge in [0.2, 0.25) is 0 Å². The Hall–Kier alpha value is -0.900. The Morgan fingerprint density at radius 1 is 1.46 bits per heavy atom. The molecule has 0 saturated heterocycles. The van der Waals surface area contributed by atoms with Crippen molar-refractivity contribution in [3.8, 4) is 0 Å². The second-order valence-electron chi connectivity index (χ2n) is 3.19. The molecule has 0 amide bonds. The van der Waals surface area contributed by atoms with E-state index in [1.165, 1.54) is 19.3 Å². The molecule has 0 aliphatic heterocycles. The smallest absolute Gasteiger partial charge is 0.134 e. The highest BCUT2D eigenvalue weighted by Crippen LogP contribution is 2.01. The van der Waals surface area contributed by atoms with Gasteiger partial charge in [-0.15, -0.1) is 10.2 Å². The molecule has 1 rings (SSSR count). The SMILES string of the molecule is CCCCCn1cnnc1CCN. The van der Waals surface area contributed by atoms with Crippen molar-refractivity contribution in [1.29, 1.82) is 0 Å². The summed E-state index contributed by atoms with van der Waals surface area (Å²) in [5.74, 6) is 1.01. The number of nitrogens with zero attached hydrogens (tertiary/aromatic N) is 3. The third kappa shape index (κ3) is 3.14. The highest BCUT2D eigenvalue weighted by atomic mass is 15.3. The van der Waals surface area contributed by atoms with E-state index < -0.39 is 0 Å². The van der Waals surface area contributed by atoms with Gasteiger partial charge in [-0.3, -0.25) is 0 Å². The lowest BCUT2D eigenvalue weighted by Gasteiger charge is -2.04. The molecule has 1 aromatic heterocycles. The van der Waals surface area contributed by atoms with Crippen molar-refractivity contribution < 1.29 is 0 Å². The van der Waals surface area contributed by atoms with Gasteiger partial charge in [0.25, 0.3) is 0 Å². The van der Waals surface area contributed by atoms with Gasteiger partial charge in [0.1, 0.15) is 12.2 Å². The van der Waals surface area contributed by atoms with Crippen LogP contribution in [0.4, 0.5) is 0 Å². The summed E-state index contributed by atoms with van der Waals surface area (Å²) in [6.07, 6.45) is 6.33. The molecular formula is C9H18N4. The molecule has 0 aliphatic rings. The number of unbranched alkanes of at least 4 members (excludes halogenated alkanes) is 2. The van der Waals surface area contributed by atoms with Gasteiger partial charge in [0.15, 0.2) is 0 Å². The summed E-state index contributed by atoms with van der Waals surface area (Å²) in [6.45, 7) is 3.87. The van der Waals surface area contributed by atoms with Gasteiger partial charge in [0.05, 0.1) is 0 Å². The molecule has 0 aromatic carbocycles. The number of hydrogen-bond donors (Lipinski definition) is 1. The zero-order valence-electron chi connectivity index (χ0n) is 8.24. The summed E-state index contributed by atoms with van der Waals surface area (Å²) in [5.41, 5.74) is 5.46. The molecule has 13 heavy (non-hydrogen) atoms. The van der Waals surface area contributed by atoms with Crippen LogP contribution < -0.4 is 5.73 Å². The van der Waals surface area contributed by atoms with E-state index in [1.54, 1.807) is 6.33 Å². The highest BCUT2D eigenvalue weighted by molar-refractivity contribution is 4.85. The van der Waals surface area contributed by atoms with Crippen LogP contribution in [0.25, 0.3) is 0 Å². The van der Waals surface area contributed by atoms with Gasteiger partial charge >= 0.3 is 0 Å². The molecule has 2 N–H and O–H groups in total. The summed E-state index contributed by atoms with van der Waals surface area (Å²) in [5, 5.41) is 7.89. The number of nitrogens with two attached hydrogens (primary N) is 1. The predicted molar refractivity (Wildman–Crippen MR) is 52.3 cm³/mol. The lowest BCUT2D eigenvalue weighted by molar-refractivity contribution is 0.579. The molecule has 0 bridgehead atoms. The molecule has 4 heteroatoms. The van der Waals surface area contributed by atoms with Gasteiger partial charge in [-0.2, -0.15) is 0 Å². The Kier molecular flexibility index (Phi) is 4.46. The number of rotatable bonds is 6. The van der Waals surface area contributed by atoms with E-state index in [-0.39, 0.29) is 0 Å². The van der Waals surface area contributed by atoms with Crippen molar-refractivity contribution in [1.82, 2.24) is 14.8 Å². The van der Waals surface area contributed by atoms with E-state index in [0.29, 0.717) is 6.54 Å². The normalized spacial score (nSPS) is 10.6. The second kappa shape index (κ2) is 5.70. The summed E-state index contributed by atoms with van der Waals surface area (Å²) < 4.78 is 2.10. The fraction of sp³-hybridized carbons (Fsp3) is 0.778. The van der Waals surface area contributed by atoms with E-state index in [9.17, 15) is 0 Å². The minimum Gasteiger partial charge on any atom is -0.330 e. The Labute approximate surface area is 79.2 Å². The van der Waals surface area contributed by atoms with Crippen LogP contribution in [-0.2, 0) is 13.0 Å². The van der Waals surface area contributed by atoms with Crippen molar-refractivity contribution in [2.24, 2.45) is 5.73 Å². The zero-order chi connectivity index (χ0) is 9.52. The first kappa shape index (κ1) is 10.2. The van der Waals surface area contributed by atoms with Crippen molar-refractivity contribution in [3.63, 3.8) is 0 Å². The van der Waals surface area contributed by atoms with E-state index in [4.69, 9.17) is 5.73 Å². The fourth-order valence-corrected chi connectivity index (χ4v) is 1.32.